The first-order chi connectivity index (χ1) is 9.30. The molecule has 20 heavy (non-hydrogen) atoms. The zero-order valence-corrected chi connectivity index (χ0v) is 13.4. The fourth-order valence-electron chi connectivity index (χ4n) is 2.41. The van der Waals surface area contributed by atoms with Gasteiger partial charge in [0, 0.05) is 13.2 Å². The molecule has 0 aromatic heterocycles. The van der Waals surface area contributed by atoms with Gasteiger partial charge in [0.15, 0.2) is 0 Å². The van der Waals surface area contributed by atoms with Gasteiger partial charge < -0.3 is 15.0 Å². The summed E-state index contributed by atoms with van der Waals surface area (Å²) in [7, 11) is 0. The van der Waals surface area contributed by atoms with Gasteiger partial charge in [-0.15, -0.1) is 0 Å². The third kappa shape index (κ3) is 3.95. The summed E-state index contributed by atoms with van der Waals surface area (Å²) in [4.78, 5) is 26.4. The van der Waals surface area contributed by atoms with E-state index in [2.05, 4.69) is 5.32 Å². The monoisotopic (exact) mass is 284 g/mol. The van der Waals surface area contributed by atoms with Crippen molar-refractivity contribution in [3.8, 4) is 0 Å². The Kier molecular flexibility index (Phi) is 5.99. The Bertz CT molecular complexity index is 353. The molecule has 1 rings (SSSR count). The standard InChI is InChI=1S/C15H28N2O3/c1-6-8-20-9-7-17-13(18)12(10-11(2)3)16-14(19)15(17,4)5/h11-12H,6-10H2,1-5H3,(H,16,19). The van der Waals surface area contributed by atoms with Crippen molar-refractivity contribution in [2.75, 3.05) is 19.8 Å². The largest absolute Gasteiger partial charge is 0.380 e. The van der Waals surface area contributed by atoms with Gasteiger partial charge in [-0.2, -0.15) is 0 Å². The summed E-state index contributed by atoms with van der Waals surface area (Å²) in [6, 6.07) is -0.401. The van der Waals surface area contributed by atoms with Crippen molar-refractivity contribution >= 4 is 11.8 Å². The van der Waals surface area contributed by atoms with Crippen LogP contribution in [0.2, 0.25) is 0 Å². The Hall–Kier alpha value is -1.10. The molecular weight excluding hydrogens is 256 g/mol. The second kappa shape index (κ2) is 7.07. The number of nitrogens with one attached hydrogen (secondary N) is 1. The van der Waals surface area contributed by atoms with Crippen molar-refractivity contribution < 1.29 is 14.3 Å². The maximum absolute atomic E-state index is 12.5. The molecule has 1 saturated heterocycles. The Morgan fingerprint density at radius 2 is 1.95 bits per heavy atom. The topological polar surface area (TPSA) is 58.6 Å². The van der Waals surface area contributed by atoms with E-state index in [4.69, 9.17) is 4.74 Å². The van der Waals surface area contributed by atoms with Crippen molar-refractivity contribution in [2.24, 2.45) is 5.92 Å². The first kappa shape index (κ1) is 17.0. The maximum atomic E-state index is 12.5. The number of piperazine rings is 1. The van der Waals surface area contributed by atoms with Crippen molar-refractivity contribution in [3.05, 3.63) is 0 Å². The summed E-state index contributed by atoms with van der Waals surface area (Å²) in [5.74, 6) is 0.283. The maximum Gasteiger partial charge on any atom is 0.246 e. The molecule has 1 aliphatic heterocycles. The van der Waals surface area contributed by atoms with E-state index in [1.165, 1.54) is 0 Å². The summed E-state index contributed by atoms with van der Waals surface area (Å²) in [6.07, 6.45) is 1.63. The van der Waals surface area contributed by atoms with Gasteiger partial charge in [0.1, 0.15) is 11.6 Å². The van der Waals surface area contributed by atoms with E-state index in [1.807, 2.05) is 20.8 Å². The van der Waals surface area contributed by atoms with E-state index >= 15 is 0 Å². The van der Waals surface area contributed by atoms with Gasteiger partial charge in [-0.25, -0.2) is 0 Å². The lowest BCUT2D eigenvalue weighted by atomic mass is 9.92. The predicted octanol–water partition coefficient (Wildman–Crippen LogP) is 1.56. The minimum atomic E-state index is -0.805. The molecule has 1 heterocycles. The highest BCUT2D eigenvalue weighted by atomic mass is 16.5. The van der Waals surface area contributed by atoms with Crippen LogP contribution >= 0.6 is 0 Å². The smallest absolute Gasteiger partial charge is 0.246 e. The average molecular weight is 284 g/mol. The Balaban J connectivity index is 2.74. The van der Waals surface area contributed by atoms with Crippen LogP contribution in [0.4, 0.5) is 0 Å². The highest BCUT2D eigenvalue weighted by Gasteiger charge is 2.45. The molecule has 1 N–H and O–H groups in total. The van der Waals surface area contributed by atoms with Crippen LogP contribution < -0.4 is 5.32 Å². The molecule has 1 atom stereocenters. The van der Waals surface area contributed by atoms with Crippen LogP contribution in [0.3, 0.4) is 0 Å². The van der Waals surface area contributed by atoms with Crippen molar-refractivity contribution in [2.45, 2.75) is 59.0 Å². The van der Waals surface area contributed by atoms with E-state index in [-0.39, 0.29) is 11.8 Å². The quantitative estimate of drug-likeness (QED) is 0.722. The number of rotatable bonds is 7. The summed E-state index contributed by atoms with van der Waals surface area (Å²) in [5, 5.41) is 2.85. The molecule has 1 unspecified atom stereocenters. The second-order valence-electron chi connectivity index (χ2n) is 6.32. The Morgan fingerprint density at radius 3 is 2.50 bits per heavy atom. The van der Waals surface area contributed by atoms with E-state index < -0.39 is 11.6 Å². The highest BCUT2D eigenvalue weighted by molar-refractivity contribution is 5.99. The summed E-state index contributed by atoms with van der Waals surface area (Å²) < 4.78 is 5.45. The lowest BCUT2D eigenvalue weighted by Crippen LogP contribution is -2.68. The molecule has 0 aliphatic carbocycles. The van der Waals surface area contributed by atoms with Crippen molar-refractivity contribution in [3.63, 3.8) is 0 Å². The minimum absolute atomic E-state index is 0.00315. The molecule has 116 valence electrons. The average Bonchev–Trinajstić information content (AvgIpc) is 2.35. The normalized spacial score (nSPS) is 22.3. The van der Waals surface area contributed by atoms with Crippen LogP contribution in [0.25, 0.3) is 0 Å². The van der Waals surface area contributed by atoms with Crippen molar-refractivity contribution in [1.29, 1.82) is 0 Å². The number of ether oxygens (including phenoxy) is 1. The van der Waals surface area contributed by atoms with E-state index in [9.17, 15) is 9.59 Å². The molecule has 0 spiro atoms. The molecule has 0 bridgehead atoms. The van der Waals surface area contributed by atoms with Crippen LogP contribution in [0.15, 0.2) is 0 Å². The second-order valence-corrected chi connectivity index (χ2v) is 6.32. The van der Waals surface area contributed by atoms with Gasteiger partial charge in [0.2, 0.25) is 11.8 Å². The fraction of sp³-hybridized carbons (Fsp3) is 0.867. The number of amides is 2. The Morgan fingerprint density at radius 1 is 1.30 bits per heavy atom. The van der Waals surface area contributed by atoms with Crippen molar-refractivity contribution in [1.82, 2.24) is 10.2 Å². The molecular formula is C15H28N2O3. The third-order valence-electron chi connectivity index (χ3n) is 3.61. The van der Waals surface area contributed by atoms with Gasteiger partial charge in [0.25, 0.3) is 0 Å². The molecule has 1 aliphatic rings. The van der Waals surface area contributed by atoms with Gasteiger partial charge in [-0.3, -0.25) is 9.59 Å². The van der Waals surface area contributed by atoms with E-state index in [0.29, 0.717) is 32.1 Å². The van der Waals surface area contributed by atoms with Gasteiger partial charge in [-0.05, 0) is 32.6 Å². The zero-order valence-electron chi connectivity index (χ0n) is 13.4. The number of nitrogens with zero attached hydrogens (tertiary/aromatic N) is 1. The predicted molar refractivity (Wildman–Crippen MR) is 78.3 cm³/mol. The SMILES string of the molecule is CCCOCCN1C(=O)C(CC(C)C)NC(=O)C1(C)C. The fourth-order valence-corrected chi connectivity index (χ4v) is 2.41. The molecule has 0 aromatic carbocycles. The van der Waals surface area contributed by atoms with Gasteiger partial charge >= 0.3 is 0 Å². The molecule has 1 fully saturated rings. The zero-order chi connectivity index (χ0) is 15.3. The Labute approximate surface area is 122 Å². The molecule has 5 heteroatoms. The van der Waals surface area contributed by atoms with E-state index in [0.717, 1.165) is 6.42 Å². The number of carbonyl (C=O) groups is 2. The van der Waals surface area contributed by atoms with Crippen LogP contribution in [-0.2, 0) is 14.3 Å². The molecule has 0 aromatic rings. The third-order valence-corrected chi connectivity index (χ3v) is 3.61. The van der Waals surface area contributed by atoms with Crippen LogP contribution in [-0.4, -0.2) is 48.1 Å². The number of hydrogen-bond acceptors (Lipinski definition) is 3. The van der Waals surface area contributed by atoms with E-state index in [1.54, 1.807) is 18.7 Å². The molecule has 2 amide bonds. The number of hydrogen-bond donors (Lipinski definition) is 1. The first-order valence-electron chi connectivity index (χ1n) is 7.50. The number of carbonyl (C=O) groups excluding carboxylic acids is 2. The minimum Gasteiger partial charge on any atom is -0.380 e. The van der Waals surface area contributed by atoms with Gasteiger partial charge in [-0.1, -0.05) is 20.8 Å². The van der Waals surface area contributed by atoms with Crippen LogP contribution in [0.5, 0.6) is 0 Å². The first-order valence-corrected chi connectivity index (χ1v) is 7.50. The van der Waals surface area contributed by atoms with Crippen LogP contribution in [0, 0.1) is 5.92 Å². The highest BCUT2D eigenvalue weighted by Crippen LogP contribution is 2.23. The van der Waals surface area contributed by atoms with Gasteiger partial charge in [0.05, 0.1) is 6.61 Å². The lowest BCUT2D eigenvalue weighted by molar-refractivity contribution is -0.156. The lowest BCUT2D eigenvalue weighted by Gasteiger charge is -2.44. The summed E-state index contributed by atoms with van der Waals surface area (Å²) >= 11 is 0. The summed E-state index contributed by atoms with van der Waals surface area (Å²) in [5.41, 5.74) is -0.805. The molecule has 5 nitrogen and oxygen atoms in total. The molecule has 0 radical (unpaired) electrons. The van der Waals surface area contributed by atoms with Crippen LogP contribution in [0.1, 0.15) is 47.5 Å². The molecule has 0 saturated carbocycles. The summed E-state index contributed by atoms with van der Waals surface area (Å²) in [6.45, 7) is 11.3.